The van der Waals surface area contributed by atoms with Crippen LogP contribution in [0.3, 0.4) is 0 Å². The Balaban J connectivity index is 1.79. The first-order chi connectivity index (χ1) is 10.0. The molecule has 1 aromatic rings. The third-order valence-corrected chi connectivity index (χ3v) is 4.66. The zero-order chi connectivity index (χ0) is 15.0. The van der Waals surface area contributed by atoms with Gasteiger partial charge in [-0.2, -0.15) is 0 Å². The zero-order valence-electron chi connectivity index (χ0n) is 12.1. The number of aliphatic carboxylic acids is 1. The lowest BCUT2D eigenvalue weighted by Crippen LogP contribution is -2.49. The van der Waals surface area contributed by atoms with Gasteiger partial charge in [-0.15, -0.1) is 0 Å². The van der Waals surface area contributed by atoms with Crippen molar-refractivity contribution in [3.63, 3.8) is 0 Å². The van der Waals surface area contributed by atoms with Crippen molar-refractivity contribution in [3.8, 4) is 0 Å². The van der Waals surface area contributed by atoms with Gasteiger partial charge in [0.05, 0.1) is 11.3 Å². The van der Waals surface area contributed by atoms with Crippen LogP contribution in [-0.4, -0.2) is 41.5 Å². The van der Waals surface area contributed by atoms with E-state index in [1.165, 1.54) is 0 Å². The Bertz CT molecular complexity index is 587. The number of rotatable bonds is 2. The minimum Gasteiger partial charge on any atom is -0.481 e. The summed E-state index contributed by atoms with van der Waals surface area (Å²) in [4.78, 5) is 25.9. The van der Waals surface area contributed by atoms with Crippen LogP contribution < -0.4 is 5.32 Å². The van der Waals surface area contributed by atoms with E-state index in [2.05, 4.69) is 5.32 Å². The quantitative estimate of drug-likeness (QED) is 0.872. The fraction of sp³-hybridized carbons (Fsp3) is 0.500. The van der Waals surface area contributed by atoms with E-state index in [0.29, 0.717) is 26.1 Å². The molecule has 1 amide bonds. The molecule has 2 N–H and O–H groups in total. The van der Waals surface area contributed by atoms with Crippen LogP contribution in [0.4, 0.5) is 5.69 Å². The molecule has 0 bridgehead atoms. The number of hydrogen-bond donors (Lipinski definition) is 2. The maximum atomic E-state index is 12.8. The summed E-state index contributed by atoms with van der Waals surface area (Å²) in [5.41, 5.74) is 1.21. The summed E-state index contributed by atoms with van der Waals surface area (Å²) in [5, 5.41) is 12.6. The van der Waals surface area contributed by atoms with Crippen molar-refractivity contribution in [2.75, 3.05) is 25.0 Å². The SMILES string of the molecule is CC1(C(=O)O)CCCN(C(=O)C2CNc3ccccc32)C1. The van der Waals surface area contributed by atoms with Crippen LogP contribution in [0.1, 0.15) is 31.2 Å². The molecule has 0 spiro atoms. The molecular formula is C16H20N2O3. The van der Waals surface area contributed by atoms with Gasteiger partial charge in [-0.25, -0.2) is 0 Å². The maximum Gasteiger partial charge on any atom is 0.311 e. The maximum absolute atomic E-state index is 12.8. The summed E-state index contributed by atoms with van der Waals surface area (Å²) >= 11 is 0. The average Bonchev–Trinajstić information content (AvgIpc) is 2.90. The Hall–Kier alpha value is -2.04. The molecule has 2 atom stereocenters. The van der Waals surface area contributed by atoms with Crippen molar-refractivity contribution in [1.29, 1.82) is 0 Å². The molecule has 0 radical (unpaired) electrons. The lowest BCUT2D eigenvalue weighted by atomic mass is 9.81. The number of anilines is 1. The largest absolute Gasteiger partial charge is 0.481 e. The summed E-state index contributed by atoms with van der Waals surface area (Å²) in [6, 6.07) is 7.82. The minimum absolute atomic E-state index is 0.0413. The van der Waals surface area contributed by atoms with Gasteiger partial charge in [-0.05, 0) is 31.4 Å². The van der Waals surface area contributed by atoms with Gasteiger partial charge in [0.2, 0.25) is 5.91 Å². The molecule has 2 aliphatic heterocycles. The van der Waals surface area contributed by atoms with Crippen LogP contribution in [0.2, 0.25) is 0 Å². The molecule has 5 heteroatoms. The number of para-hydroxylation sites is 1. The van der Waals surface area contributed by atoms with Gasteiger partial charge in [-0.3, -0.25) is 9.59 Å². The van der Waals surface area contributed by atoms with Gasteiger partial charge in [0, 0.05) is 25.3 Å². The van der Waals surface area contributed by atoms with Crippen LogP contribution in [0.25, 0.3) is 0 Å². The molecule has 112 valence electrons. The van der Waals surface area contributed by atoms with Crippen molar-refractivity contribution in [1.82, 2.24) is 4.90 Å². The molecular weight excluding hydrogens is 268 g/mol. The highest BCUT2D eigenvalue weighted by atomic mass is 16.4. The van der Waals surface area contributed by atoms with Crippen LogP contribution in [0.15, 0.2) is 24.3 Å². The third kappa shape index (κ3) is 2.37. The van der Waals surface area contributed by atoms with Gasteiger partial charge in [0.25, 0.3) is 0 Å². The number of amides is 1. The third-order valence-electron chi connectivity index (χ3n) is 4.66. The smallest absolute Gasteiger partial charge is 0.311 e. The van der Waals surface area contributed by atoms with E-state index in [4.69, 9.17) is 0 Å². The molecule has 1 fully saturated rings. The van der Waals surface area contributed by atoms with Crippen molar-refractivity contribution in [2.45, 2.75) is 25.7 Å². The summed E-state index contributed by atoms with van der Waals surface area (Å²) in [6.45, 7) is 3.29. The number of likely N-dealkylation sites (tertiary alicyclic amines) is 1. The number of piperidine rings is 1. The van der Waals surface area contributed by atoms with E-state index in [1.807, 2.05) is 24.3 Å². The Labute approximate surface area is 123 Å². The number of nitrogens with zero attached hydrogens (tertiary/aromatic N) is 1. The Kier molecular flexibility index (Phi) is 3.35. The van der Waals surface area contributed by atoms with Crippen molar-refractivity contribution < 1.29 is 14.7 Å². The molecule has 3 rings (SSSR count). The van der Waals surface area contributed by atoms with Crippen LogP contribution in [0, 0.1) is 5.41 Å². The second-order valence-corrected chi connectivity index (χ2v) is 6.25. The number of fused-ring (bicyclic) bond motifs is 1. The van der Waals surface area contributed by atoms with Gasteiger partial charge in [-0.1, -0.05) is 18.2 Å². The first kappa shape index (κ1) is 13.9. The molecule has 0 saturated carbocycles. The van der Waals surface area contributed by atoms with E-state index in [0.717, 1.165) is 17.7 Å². The predicted octanol–water partition coefficient (Wildman–Crippen LogP) is 1.91. The van der Waals surface area contributed by atoms with Gasteiger partial charge in [0.15, 0.2) is 0 Å². The highest BCUT2D eigenvalue weighted by molar-refractivity contribution is 5.89. The molecule has 5 nitrogen and oxygen atoms in total. The van der Waals surface area contributed by atoms with E-state index in [9.17, 15) is 14.7 Å². The van der Waals surface area contributed by atoms with Crippen molar-refractivity contribution >= 4 is 17.6 Å². The number of benzene rings is 1. The van der Waals surface area contributed by atoms with E-state index in [1.54, 1.807) is 11.8 Å². The van der Waals surface area contributed by atoms with Crippen molar-refractivity contribution in [3.05, 3.63) is 29.8 Å². The highest BCUT2D eigenvalue weighted by Gasteiger charge is 2.41. The molecule has 21 heavy (non-hydrogen) atoms. The summed E-state index contributed by atoms with van der Waals surface area (Å²) in [7, 11) is 0. The monoisotopic (exact) mass is 288 g/mol. The van der Waals surface area contributed by atoms with Crippen molar-refractivity contribution in [2.24, 2.45) is 5.41 Å². The minimum atomic E-state index is -0.820. The second kappa shape index (κ2) is 5.06. The number of carboxylic acids is 1. The molecule has 0 aromatic heterocycles. The normalized spacial score (nSPS) is 27.9. The molecule has 2 aliphatic rings. The summed E-state index contributed by atoms with van der Waals surface area (Å²) < 4.78 is 0. The standard InChI is InChI=1S/C16H20N2O3/c1-16(15(20)21)7-4-8-18(10-16)14(19)12-9-17-13-6-3-2-5-11(12)13/h2-3,5-6,12,17H,4,7-10H2,1H3,(H,20,21). The fourth-order valence-corrected chi connectivity index (χ4v) is 3.33. The highest BCUT2D eigenvalue weighted by Crippen LogP contribution is 2.35. The van der Waals surface area contributed by atoms with Crippen LogP contribution in [0.5, 0.6) is 0 Å². The van der Waals surface area contributed by atoms with E-state index < -0.39 is 11.4 Å². The number of carboxylic acid groups (broad SMARTS) is 1. The number of carbonyl (C=O) groups is 2. The molecule has 1 aromatic carbocycles. The van der Waals surface area contributed by atoms with Gasteiger partial charge < -0.3 is 15.3 Å². The Morgan fingerprint density at radius 1 is 1.38 bits per heavy atom. The second-order valence-electron chi connectivity index (χ2n) is 6.25. The Morgan fingerprint density at radius 3 is 2.90 bits per heavy atom. The van der Waals surface area contributed by atoms with Crippen LogP contribution >= 0.6 is 0 Å². The number of hydrogen-bond acceptors (Lipinski definition) is 3. The predicted molar refractivity (Wildman–Crippen MR) is 79.2 cm³/mol. The molecule has 1 saturated heterocycles. The van der Waals surface area contributed by atoms with Crippen LogP contribution in [-0.2, 0) is 9.59 Å². The molecule has 2 heterocycles. The number of nitrogens with one attached hydrogen (secondary N) is 1. The topological polar surface area (TPSA) is 69.6 Å². The van der Waals surface area contributed by atoms with E-state index >= 15 is 0 Å². The zero-order valence-corrected chi connectivity index (χ0v) is 12.1. The fourth-order valence-electron chi connectivity index (χ4n) is 3.33. The van der Waals surface area contributed by atoms with E-state index in [-0.39, 0.29) is 11.8 Å². The number of carbonyl (C=O) groups excluding carboxylic acids is 1. The summed E-state index contributed by atoms with van der Waals surface area (Å²) in [5.74, 6) is -0.970. The lowest BCUT2D eigenvalue weighted by molar-refractivity contribution is -0.153. The summed E-state index contributed by atoms with van der Waals surface area (Å²) in [6.07, 6.45) is 1.38. The first-order valence-electron chi connectivity index (χ1n) is 7.36. The molecule has 0 aliphatic carbocycles. The lowest BCUT2D eigenvalue weighted by Gasteiger charge is -2.38. The van der Waals surface area contributed by atoms with Gasteiger partial charge >= 0.3 is 5.97 Å². The Morgan fingerprint density at radius 2 is 2.14 bits per heavy atom. The average molecular weight is 288 g/mol. The van der Waals surface area contributed by atoms with Gasteiger partial charge in [0.1, 0.15) is 0 Å². The molecule has 2 unspecified atom stereocenters. The first-order valence-corrected chi connectivity index (χ1v) is 7.36.